The molecule has 2 aromatic rings. The van der Waals surface area contributed by atoms with Gasteiger partial charge >= 0.3 is 0 Å². The van der Waals surface area contributed by atoms with E-state index in [0.29, 0.717) is 17.9 Å². The molecule has 0 amide bonds. The summed E-state index contributed by atoms with van der Waals surface area (Å²) in [7, 11) is 2.30. The van der Waals surface area contributed by atoms with Crippen LogP contribution in [0.2, 0.25) is 0 Å². The van der Waals surface area contributed by atoms with Crippen molar-refractivity contribution >= 4 is 0 Å². The van der Waals surface area contributed by atoms with Gasteiger partial charge in [-0.05, 0) is 50.9 Å². The van der Waals surface area contributed by atoms with E-state index in [0.717, 1.165) is 11.6 Å². The van der Waals surface area contributed by atoms with E-state index in [1.54, 1.807) is 0 Å². The molecule has 0 aromatic heterocycles. The molecule has 4 atom stereocenters. The van der Waals surface area contributed by atoms with Crippen molar-refractivity contribution in [2.75, 3.05) is 7.05 Å². The summed E-state index contributed by atoms with van der Waals surface area (Å²) >= 11 is 0. The molecule has 2 bridgehead atoms. The molecule has 0 radical (unpaired) electrons. The Kier molecular flexibility index (Phi) is 4.17. The smallest absolute Gasteiger partial charge is 0.0431 e. The van der Waals surface area contributed by atoms with E-state index in [-0.39, 0.29) is 0 Å². The Balaban J connectivity index is 1.68. The summed E-state index contributed by atoms with van der Waals surface area (Å²) in [6.07, 6.45) is 3.86. The van der Waals surface area contributed by atoms with Gasteiger partial charge in [0.2, 0.25) is 0 Å². The minimum atomic E-state index is 0.427. The molecule has 0 saturated carbocycles. The highest BCUT2D eigenvalue weighted by Gasteiger charge is 2.45. The summed E-state index contributed by atoms with van der Waals surface area (Å²) in [6.45, 7) is 2.16. The van der Waals surface area contributed by atoms with Crippen LogP contribution in [0.5, 0.6) is 0 Å². The van der Waals surface area contributed by atoms with Gasteiger partial charge in [-0.1, -0.05) is 59.9 Å². The second-order valence-electron chi connectivity index (χ2n) is 7.38. The maximum atomic E-state index is 3.67. The molecule has 2 heterocycles. The van der Waals surface area contributed by atoms with Crippen molar-refractivity contribution in [2.45, 2.75) is 44.2 Å². The maximum absolute atomic E-state index is 3.67. The second-order valence-corrected chi connectivity index (χ2v) is 7.38. The number of fused-ring (bicyclic) bond motifs is 2. The first-order valence-electron chi connectivity index (χ1n) is 9.07. The van der Waals surface area contributed by atoms with Crippen LogP contribution in [0.1, 0.15) is 41.9 Å². The van der Waals surface area contributed by atoms with Crippen LogP contribution in [0, 0.1) is 24.7 Å². The second kappa shape index (κ2) is 6.46. The van der Waals surface area contributed by atoms with Crippen LogP contribution in [-0.2, 0) is 0 Å². The summed E-state index contributed by atoms with van der Waals surface area (Å²) in [4.78, 5) is 2.59. The van der Waals surface area contributed by atoms with Gasteiger partial charge in [-0.3, -0.25) is 4.90 Å². The predicted octanol–water partition coefficient (Wildman–Crippen LogP) is 4.61. The molecule has 0 spiro atoms. The van der Waals surface area contributed by atoms with Crippen molar-refractivity contribution in [3.63, 3.8) is 0 Å². The third kappa shape index (κ3) is 2.87. The third-order valence-electron chi connectivity index (χ3n) is 5.93. The lowest BCUT2D eigenvalue weighted by Crippen LogP contribution is -2.45. The Labute approximate surface area is 145 Å². The summed E-state index contributed by atoms with van der Waals surface area (Å²) in [6, 6.07) is 20.9. The van der Waals surface area contributed by atoms with Crippen LogP contribution in [0.3, 0.4) is 0 Å². The first kappa shape index (κ1) is 15.5. The number of aryl methyl sites for hydroxylation is 1. The number of hydrogen-bond acceptors (Lipinski definition) is 1. The summed E-state index contributed by atoms with van der Waals surface area (Å²) in [5.74, 6) is 8.11. The lowest BCUT2D eigenvalue weighted by Gasteiger charge is -2.41. The molecule has 0 unspecified atom stereocenters. The molecular weight excluding hydrogens is 290 g/mol. The molecule has 0 aliphatic carbocycles. The average Bonchev–Trinajstić information content (AvgIpc) is 2.86. The van der Waals surface area contributed by atoms with E-state index < -0.39 is 0 Å². The molecule has 2 aliphatic rings. The van der Waals surface area contributed by atoms with Gasteiger partial charge in [0, 0.05) is 29.5 Å². The zero-order chi connectivity index (χ0) is 16.5. The van der Waals surface area contributed by atoms with Crippen LogP contribution in [0.25, 0.3) is 0 Å². The van der Waals surface area contributed by atoms with Gasteiger partial charge in [0.05, 0.1) is 0 Å². The van der Waals surface area contributed by atoms with Crippen LogP contribution in [0.4, 0.5) is 0 Å². The zero-order valence-corrected chi connectivity index (χ0v) is 14.6. The zero-order valence-electron chi connectivity index (χ0n) is 14.6. The summed E-state index contributed by atoms with van der Waals surface area (Å²) in [5, 5.41) is 0. The fraction of sp³-hybridized carbons (Fsp3) is 0.391. The molecule has 24 heavy (non-hydrogen) atoms. The molecule has 2 saturated heterocycles. The highest BCUT2D eigenvalue weighted by molar-refractivity contribution is 5.37. The molecule has 2 aromatic carbocycles. The van der Waals surface area contributed by atoms with Crippen molar-refractivity contribution in [3.05, 3.63) is 71.3 Å². The number of nitrogens with zero attached hydrogens (tertiary/aromatic N) is 1. The van der Waals surface area contributed by atoms with E-state index >= 15 is 0 Å². The quantitative estimate of drug-likeness (QED) is 0.695. The fourth-order valence-electron chi connectivity index (χ4n) is 4.51. The van der Waals surface area contributed by atoms with Gasteiger partial charge in [-0.2, -0.15) is 0 Å². The SMILES string of the molecule is Cc1ccc([C@H]2C[C@@H]3CC[C@H]([C@H]2C#Cc2ccccc2)N3C)cc1. The molecule has 1 nitrogen and oxygen atoms in total. The highest BCUT2D eigenvalue weighted by atomic mass is 15.2. The van der Waals surface area contributed by atoms with Gasteiger partial charge in [0.1, 0.15) is 0 Å². The van der Waals surface area contributed by atoms with Gasteiger partial charge in [0.15, 0.2) is 0 Å². The highest BCUT2D eigenvalue weighted by Crippen LogP contribution is 2.45. The molecule has 1 heteroatoms. The molecule has 4 rings (SSSR count). The Bertz CT molecular complexity index is 750. The van der Waals surface area contributed by atoms with E-state index in [1.165, 1.54) is 30.4 Å². The largest absolute Gasteiger partial charge is 0.299 e. The van der Waals surface area contributed by atoms with Crippen molar-refractivity contribution in [1.82, 2.24) is 4.90 Å². The molecule has 122 valence electrons. The molecule has 2 fully saturated rings. The number of piperidine rings is 1. The summed E-state index contributed by atoms with van der Waals surface area (Å²) < 4.78 is 0. The molecule has 2 aliphatic heterocycles. The fourth-order valence-corrected chi connectivity index (χ4v) is 4.51. The number of rotatable bonds is 1. The van der Waals surface area contributed by atoms with Crippen molar-refractivity contribution in [1.29, 1.82) is 0 Å². The van der Waals surface area contributed by atoms with Gasteiger partial charge in [-0.15, -0.1) is 0 Å². The van der Waals surface area contributed by atoms with Gasteiger partial charge in [0.25, 0.3) is 0 Å². The topological polar surface area (TPSA) is 3.24 Å². The third-order valence-corrected chi connectivity index (χ3v) is 5.93. The van der Waals surface area contributed by atoms with Crippen molar-refractivity contribution in [3.8, 4) is 11.8 Å². The molecule has 0 N–H and O–H groups in total. The Morgan fingerprint density at radius 2 is 1.71 bits per heavy atom. The molecular formula is C23H25N. The van der Waals surface area contributed by atoms with E-state index in [4.69, 9.17) is 0 Å². The van der Waals surface area contributed by atoms with E-state index in [1.807, 2.05) is 0 Å². The average molecular weight is 315 g/mol. The van der Waals surface area contributed by atoms with E-state index in [2.05, 4.69) is 85.3 Å². The first-order valence-corrected chi connectivity index (χ1v) is 9.07. The van der Waals surface area contributed by atoms with Gasteiger partial charge in [-0.25, -0.2) is 0 Å². The summed E-state index contributed by atoms with van der Waals surface area (Å²) in [5.41, 5.74) is 3.93. The lowest BCUT2D eigenvalue weighted by atomic mass is 9.76. The number of benzene rings is 2. The Hall–Kier alpha value is -2.04. The van der Waals surface area contributed by atoms with Crippen molar-refractivity contribution in [2.24, 2.45) is 5.92 Å². The minimum Gasteiger partial charge on any atom is -0.299 e. The Morgan fingerprint density at radius 3 is 2.46 bits per heavy atom. The normalized spacial score (nSPS) is 29.1. The van der Waals surface area contributed by atoms with Crippen molar-refractivity contribution < 1.29 is 0 Å². The van der Waals surface area contributed by atoms with Crippen LogP contribution in [-0.4, -0.2) is 24.0 Å². The number of hydrogen-bond donors (Lipinski definition) is 0. The van der Waals surface area contributed by atoms with Gasteiger partial charge < -0.3 is 0 Å². The standard InChI is InChI=1S/C23H25N/c1-17-8-11-19(12-9-17)22-16-20-13-15-23(24(20)2)21(22)14-10-18-6-4-3-5-7-18/h3-9,11-12,20-23H,13,15-16H2,1-2H3/t20-,21-,22+,23+/m0/s1. The maximum Gasteiger partial charge on any atom is 0.0431 e. The van der Waals surface area contributed by atoms with Crippen LogP contribution >= 0.6 is 0 Å². The Morgan fingerprint density at radius 1 is 0.958 bits per heavy atom. The lowest BCUT2D eigenvalue weighted by molar-refractivity contribution is 0.128. The predicted molar refractivity (Wildman–Crippen MR) is 99.9 cm³/mol. The van der Waals surface area contributed by atoms with Crippen LogP contribution < -0.4 is 0 Å². The van der Waals surface area contributed by atoms with E-state index in [9.17, 15) is 0 Å². The first-order chi connectivity index (χ1) is 11.7. The van der Waals surface area contributed by atoms with Crippen LogP contribution in [0.15, 0.2) is 54.6 Å². The monoisotopic (exact) mass is 315 g/mol. The minimum absolute atomic E-state index is 0.427.